The molecule has 228 valence electrons. The Morgan fingerprint density at radius 1 is 0.907 bits per heavy atom. The lowest BCUT2D eigenvalue weighted by atomic mass is 10.1. The minimum Gasteiger partial charge on any atom is -0.480 e. The van der Waals surface area contributed by atoms with Gasteiger partial charge in [-0.25, -0.2) is 21.8 Å². The minimum absolute atomic E-state index is 0.0315. The third kappa shape index (κ3) is 7.22. The summed E-state index contributed by atoms with van der Waals surface area (Å²) in [5.41, 5.74) is 3.11. The van der Waals surface area contributed by atoms with Crippen molar-refractivity contribution in [3.63, 3.8) is 0 Å². The molecule has 12 nitrogen and oxygen atoms in total. The molecule has 0 spiro atoms. The zero-order chi connectivity index (χ0) is 31.7. The molecular weight excluding hydrogens is 596 g/mol. The van der Waals surface area contributed by atoms with Gasteiger partial charge in [0.25, 0.3) is 15.9 Å². The Bertz CT molecular complexity index is 1880. The van der Waals surface area contributed by atoms with Crippen LogP contribution in [0.25, 0.3) is 22.1 Å². The molecule has 0 bridgehead atoms. The Hall–Kier alpha value is -4.24. The van der Waals surface area contributed by atoms with Gasteiger partial charge in [0.2, 0.25) is 10.0 Å². The number of furan rings is 1. The standard InChI is InChI=1S/C29H32N4O8S2/c1-17(2)26(29(35)36)33(4)32-43(39,40)22-15-11-20(12-16-22)19-9-13-21(14-10-19)30-28(34)27-18(3)25-23(31-42(5,37)38)7-6-8-24(25)41-27/h6-17,26,31-32H,1-5H3,(H,30,34)(H,35,36)/t26-/m0/s1. The molecule has 3 aromatic carbocycles. The highest BCUT2D eigenvalue weighted by Gasteiger charge is 2.29. The van der Waals surface area contributed by atoms with Gasteiger partial charge in [-0.1, -0.05) is 44.2 Å². The smallest absolute Gasteiger partial charge is 0.322 e. The van der Waals surface area contributed by atoms with Crippen LogP contribution < -0.4 is 14.9 Å². The van der Waals surface area contributed by atoms with Crippen LogP contribution in [-0.2, 0) is 24.8 Å². The molecular formula is C29H32N4O8S2. The summed E-state index contributed by atoms with van der Waals surface area (Å²) in [6.45, 7) is 5.04. The van der Waals surface area contributed by atoms with E-state index in [2.05, 4.69) is 14.9 Å². The summed E-state index contributed by atoms with van der Waals surface area (Å²) < 4.78 is 57.4. The number of likely N-dealkylation sites (N-methyl/N-ethyl adjacent to an activating group) is 1. The molecule has 0 aliphatic heterocycles. The first-order valence-electron chi connectivity index (χ1n) is 13.1. The molecule has 0 fully saturated rings. The number of hydrogen-bond donors (Lipinski definition) is 4. The maximum Gasteiger partial charge on any atom is 0.322 e. The highest BCUT2D eigenvalue weighted by atomic mass is 32.2. The zero-order valence-electron chi connectivity index (χ0n) is 24.1. The molecule has 0 aliphatic rings. The largest absolute Gasteiger partial charge is 0.480 e. The predicted octanol–water partition coefficient (Wildman–Crippen LogP) is 4.27. The molecule has 1 heterocycles. The number of nitrogens with one attached hydrogen (secondary N) is 3. The van der Waals surface area contributed by atoms with Crippen molar-refractivity contribution in [2.45, 2.75) is 31.7 Å². The van der Waals surface area contributed by atoms with Crippen molar-refractivity contribution in [2.75, 3.05) is 23.3 Å². The number of aliphatic carboxylic acids is 1. The number of fused-ring (bicyclic) bond motifs is 1. The van der Waals surface area contributed by atoms with Gasteiger partial charge >= 0.3 is 5.97 Å². The maximum atomic E-state index is 13.0. The van der Waals surface area contributed by atoms with Gasteiger partial charge in [0.1, 0.15) is 11.6 Å². The topological polar surface area (TPSA) is 175 Å². The minimum atomic E-state index is -4.02. The van der Waals surface area contributed by atoms with E-state index < -0.39 is 38.0 Å². The van der Waals surface area contributed by atoms with Crippen molar-refractivity contribution < 1.29 is 35.9 Å². The van der Waals surface area contributed by atoms with Gasteiger partial charge in [0.05, 0.1) is 16.8 Å². The fourth-order valence-corrected chi connectivity index (χ4v) is 6.42. The first-order valence-corrected chi connectivity index (χ1v) is 16.4. The Morgan fingerprint density at radius 3 is 2.02 bits per heavy atom. The average molecular weight is 629 g/mol. The number of benzene rings is 3. The summed E-state index contributed by atoms with van der Waals surface area (Å²) in [5, 5.41) is 13.8. The van der Waals surface area contributed by atoms with Crippen molar-refractivity contribution in [1.82, 2.24) is 9.84 Å². The number of amides is 1. The number of carboxylic acids is 1. The normalized spacial score (nSPS) is 12.9. The van der Waals surface area contributed by atoms with Crippen LogP contribution in [0.3, 0.4) is 0 Å². The van der Waals surface area contributed by atoms with E-state index in [-0.39, 0.29) is 16.6 Å². The Kier molecular flexibility index (Phi) is 8.97. The van der Waals surface area contributed by atoms with Crippen LogP contribution in [0.5, 0.6) is 0 Å². The van der Waals surface area contributed by atoms with Crippen molar-refractivity contribution in [2.24, 2.45) is 5.92 Å². The van der Waals surface area contributed by atoms with Crippen molar-refractivity contribution in [1.29, 1.82) is 0 Å². The van der Waals surface area contributed by atoms with E-state index in [0.717, 1.165) is 22.4 Å². The second kappa shape index (κ2) is 12.2. The van der Waals surface area contributed by atoms with Crippen LogP contribution in [0, 0.1) is 12.8 Å². The number of carboxylic acid groups (broad SMARTS) is 1. The lowest BCUT2D eigenvalue weighted by Gasteiger charge is -2.27. The number of hydrogen-bond acceptors (Lipinski definition) is 8. The second-order valence-electron chi connectivity index (χ2n) is 10.4. The SMILES string of the molecule is Cc1c(C(=O)Nc2ccc(-c3ccc(S(=O)(=O)NN(C)[C@H](C(=O)O)C(C)C)cc3)cc2)oc2cccc(NS(C)(=O)=O)c12. The number of carbonyl (C=O) groups is 2. The summed E-state index contributed by atoms with van der Waals surface area (Å²) >= 11 is 0. The highest BCUT2D eigenvalue weighted by Crippen LogP contribution is 2.33. The van der Waals surface area contributed by atoms with Gasteiger partial charge in [-0.2, -0.15) is 0 Å². The van der Waals surface area contributed by atoms with Crippen LogP contribution in [0.2, 0.25) is 0 Å². The highest BCUT2D eigenvalue weighted by molar-refractivity contribution is 7.92. The van der Waals surface area contributed by atoms with E-state index in [1.54, 1.807) is 75.4 Å². The van der Waals surface area contributed by atoms with Crippen LogP contribution in [-0.4, -0.2) is 58.2 Å². The van der Waals surface area contributed by atoms with Crippen LogP contribution >= 0.6 is 0 Å². The average Bonchev–Trinajstić information content (AvgIpc) is 3.25. The Morgan fingerprint density at radius 2 is 1.49 bits per heavy atom. The molecule has 0 saturated heterocycles. The van der Waals surface area contributed by atoms with E-state index >= 15 is 0 Å². The lowest BCUT2D eigenvalue weighted by Crippen LogP contribution is -2.51. The van der Waals surface area contributed by atoms with Gasteiger partial charge < -0.3 is 14.8 Å². The number of hydrazine groups is 1. The molecule has 4 rings (SSSR count). The molecule has 0 unspecified atom stereocenters. The van der Waals surface area contributed by atoms with E-state index in [9.17, 15) is 31.5 Å². The van der Waals surface area contributed by atoms with Gasteiger partial charge in [-0.05, 0) is 60.4 Å². The lowest BCUT2D eigenvalue weighted by molar-refractivity contribution is -0.145. The summed E-state index contributed by atoms with van der Waals surface area (Å²) in [7, 11) is -6.19. The van der Waals surface area contributed by atoms with Gasteiger partial charge in [-0.3, -0.25) is 14.3 Å². The summed E-state index contributed by atoms with van der Waals surface area (Å²) in [6, 6.07) is 16.8. The monoisotopic (exact) mass is 628 g/mol. The molecule has 4 aromatic rings. The number of anilines is 2. The number of carbonyl (C=O) groups excluding carboxylic acids is 1. The third-order valence-electron chi connectivity index (χ3n) is 6.66. The van der Waals surface area contributed by atoms with Crippen molar-refractivity contribution in [3.05, 3.63) is 78.1 Å². The van der Waals surface area contributed by atoms with E-state index in [1.165, 1.54) is 19.2 Å². The zero-order valence-corrected chi connectivity index (χ0v) is 25.7. The maximum absolute atomic E-state index is 13.0. The summed E-state index contributed by atoms with van der Waals surface area (Å²) in [6.07, 6.45) is 1.04. The Balaban J connectivity index is 1.48. The fourth-order valence-electron chi connectivity index (χ4n) is 4.76. The van der Waals surface area contributed by atoms with Crippen molar-refractivity contribution >= 4 is 54.3 Å². The number of sulfonamides is 2. The van der Waals surface area contributed by atoms with E-state index in [0.29, 0.717) is 27.9 Å². The molecule has 1 atom stereocenters. The third-order valence-corrected chi connectivity index (χ3v) is 8.67. The van der Waals surface area contributed by atoms with E-state index in [1.807, 2.05) is 0 Å². The van der Waals surface area contributed by atoms with Crippen LogP contribution in [0.4, 0.5) is 11.4 Å². The molecule has 0 aliphatic carbocycles. The molecule has 1 amide bonds. The first-order chi connectivity index (χ1) is 20.1. The molecule has 43 heavy (non-hydrogen) atoms. The van der Waals surface area contributed by atoms with Crippen LogP contribution in [0.1, 0.15) is 30.0 Å². The van der Waals surface area contributed by atoms with Crippen LogP contribution in [0.15, 0.2) is 76.0 Å². The van der Waals surface area contributed by atoms with E-state index in [4.69, 9.17) is 4.42 Å². The Labute approximate surface area is 249 Å². The molecule has 1 aromatic heterocycles. The molecule has 14 heteroatoms. The van der Waals surface area contributed by atoms with Gasteiger partial charge in [0, 0.05) is 23.7 Å². The van der Waals surface area contributed by atoms with Gasteiger partial charge in [-0.15, -0.1) is 4.83 Å². The summed E-state index contributed by atoms with van der Waals surface area (Å²) in [4.78, 5) is 26.9. The molecule has 0 saturated carbocycles. The second-order valence-corrected chi connectivity index (χ2v) is 13.8. The number of nitrogens with zero attached hydrogens (tertiary/aromatic N) is 1. The fraction of sp³-hybridized carbons (Fsp3) is 0.241. The predicted molar refractivity (Wildman–Crippen MR) is 164 cm³/mol. The number of aryl methyl sites for hydroxylation is 1. The molecule has 4 N–H and O–H groups in total. The first kappa shape index (κ1) is 31.7. The van der Waals surface area contributed by atoms with Gasteiger partial charge in [0.15, 0.2) is 5.76 Å². The van der Waals surface area contributed by atoms with Crippen molar-refractivity contribution in [3.8, 4) is 11.1 Å². The molecule has 0 radical (unpaired) electrons. The summed E-state index contributed by atoms with van der Waals surface area (Å²) in [5.74, 6) is -1.94. The number of rotatable bonds is 11. The quantitative estimate of drug-likeness (QED) is 0.177.